The quantitative estimate of drug-likeness (QED) is 0.712. The molecule has 0 bridgehead atoms. The van der Waals surface area contributed by atoms with E-state index in [0.717, 1.165) is 30.5 Å². The SMILES string of the molecule is Cc1noc([C@H]2CCCCN2C(=O)Cn2c(C)cc(=O)c3ccccc32)n1. The van der Waals surface area contributed by atoms with Gasteiger partial charge in [-0.15, -0.1) is 0 Å². The van der Waals surface area contributed by atoms with Gasteiger partial charge < -0.3 is 14.0 Å². The van der Waals surface area contributed by atoms with E-state index in [1.807, 2.05) is 34.6 Å². The van der Waals surface area contributed by atoms with Crippen LogP contribution in [0.2, 0.25) is 0 Å². The molecule has 4 rings (SSSR count). The van der Waals surface area contributed by atoms with Crippen molar-refractivity contribution in [1.82, 2.24) is 19.6 Å². The molecule has 27 heavy (non-hydrogen) atoms. The number of benzene rings is 1. The standard InChI is InChI=1S/C20H22N4O3/c1-13-11-18(25)15-7-3-4-8-16(15)24(13)12-19(26)23-10-6-5-9-17(23)20-21-14(2)22-27-20/h3-4,7-8,11,17H,5-6,9-10,12H2,1-2H3/t17-/m1/s1. The molecule has 0 N–H and O–H groups in total. The summed E-state index contributed by atoms with van der Waals surface area (Å²) < 4.78 is 7.25. The van der Waals surface area contributed by atoms with Crippen molar-refractivity contribution in [3.8, 4) is 0 Å². The number of para-hydroxylation sites is 1. The van der Waals surface area contributed by atoms with Gasteiger partial charge in [-0.25, -0.2) is 0 Å². The van der Waals surface area contributed by atoms with E-state index in [0.29, 0.717) is 23.6 Å². The maximum absolute atomic E-state index is 13.2. The molecule has 1 aromatic carbocycles. The number of hydrogen-bond donors (Lipinski definition) is 0. The average molecular weight is 366 g/mol. The summed E-state index contributed by atoms with van der Waals surface area (Å²) in [6, 6.07) is 8.80. The summed E-state index contributed by atoms with van der Waals surface area (Å²) >= 11 is 0. The third kappa shape index (κ3) is 3.25. The van der Waals surface area contributed by atoms with Crippen LogP contribution >= 0.6 is 0 Å². The number of pyridine rings is 1. The predicted octanol–water partition coefficient (Wildman–Crippen LogP) is 2.76. The van der Waals surface area contributed by atoms with Crippen molar-refractivity contribution in [3.05, 3.63) is 58.0 Å². The predicted molar refractivity (Wildman–Crippen MR) is 100 cm³/mol. The van der Waals surface area contributed by atoms with Gasteiger partial charge >= 0.3 is 0 Å². The summed E-state index contributed by atoms with van der Waals surface area (Å²) in [7, 11) is 0. The van der Waals surface area contributed by atoms with Crippen LogP contribution in [0.15, 0.2) is 39.6 Å². The Balaban J connectivity index is 1.67. The first-order valence-electron chi connectivity index (χ1n) is 9.23. The maximum atomic E-state index is 13.2. The van der Waals surface area contributed by atoms with E-state index in [9.17, 15) is 9.59 Å². The van der Waals surface area contributed by atoms with Gasteiger partial charge in [0.05, 0.1) is 5.52 Å². The lowest BCUT2D eigenvalue weighted by Gasteiger charge is -2.34. The second-order valence-corrected chi connectivity index (χ2v) is 7.03. The Labute approximate surface area is 156 Å². The van der Waals surface area contributed by atoms with E-state index >= 15 is 0 Å². The number of rotatable bonds is 3. The number of likely N-dealkylation sites (tertiary alicyclic amines) is 1. The fourth-order valence-corrected chi connectivity index (χ4v) is 3.82. The Bertz CT molecular complexity index is 1050. The van der Waals surface area contributed by atoms with Crippen LogP contribution in [0.1, 0.15) is 42.7 Å². The molecule has 0 spiro atoms. The molecule has 1 amide bonds. The molecule has 3 heterocycles. The summed E-state index contributed by atoms with van der Waals surface area (Å²) in [6.45, 7) is 4.48. The van der Waals surface area contributed by atoms with Gasteiger partial charge in [-0.2, -0.15) is 4.98 Å². The monoisotopic (exact) mass is 366 g/mol. The van der Waals surface area contributed by atoms with Gasteiger partial charge in [0.15, 0.2) is 11.3 Å². The number of nitrogens with zero attached hydrogens (tertiary/aromatic N) is 4. The number of hydrogen-bond acceptors (Lipinski definition) is 5. The van der Waals surface area contributed by atoms with Crippen molar-refractivity contribution < 1.29 is 9.32 Å². The van der Waals surface area contributed by atoms with Gasteiger partial charge in [-0.3, -0.25) is 9.59 Å². The molecule has 1 fully saturated rings. The highest BCUT2D eigenvalue weighted by atomic mass is 16.5. The number of amides is 1. The van der Waals surface area contributed by atoms with E-state index in [-0.39, 0.29) is 23.9 Å². The van der Waals surface area contributed by atoms with Crippen LogP contribution in [0, 0.1) is 13.8 Å². The fraction of sp³-hybridized carbons (Fsp3) is 0.400. The molecule has 0 aliphatic carbocycles. The Kier molecular flexibility index (Phi) is 4.51. The molecule has 1 aliphatic heterocycles. The zero-order chi connectivity index (χ0) is 19.0. The first-order chi connectivity index (χ1) is 13.0. The molecule has 140 valence electrons. The fourth-order valence-electron chi connectivity index (χ4n) is 3.82. The van der Waals surface area contributed by atoms with Gasteiger partial charge in [0.1, 0.15) is 12.6 Å². The zero-order valence-corrected chi connectivity index (χ0v) is 15.5. The minimum atomic E-state index is -0.182. The van der Waals surface area contributed by atoms with Gasteiger partial charge in [0, 0.05) is 23.7 Å². The molecule has 0 saturated carbocycles. The molecule has 2 aromatic heterocycles. The number of aryl methyl sites for hydroxylation is 2. The molecular formula is C20H22N4O3. The minimum absolute atomic E-state index is 0.00699. The van der Waals surface area contributed by atoms with Crippen LogP contribution in [0.3, 0.4) is 0 Å². The van der Waals surface area contributed by atoms with E-state index in [1.165, 1.54) is 0 Å². The van der Waals surface area contributed by atoms with Crippen LogP contribution in [0.25, 0.3) is 10.9 Å². The summed E-state index contributed by atoms with van der Waals surface area (Å²) in [5.41, 5.74) is 1.52. The summed E-state index contributed by atoms with van der Waals surface area (Å²) in [5, 5.41) is 4.49. The Morgan fingerprint density at radius 2 is 2.07 bits per heavy atom. The highest BCUT2D eigenvalue weighted by Crippen LogP contribution is 2.30. The molecule has 7 nitrogen and oxygen atoms in total. The Morgan fingerprint density at radius 1 is 1.26 bits per heavy atom. The number of carbonyl (C=O) groups is 1. The van der Waals surface area contributed by atoms with Crippen LogP contribution in [-0.2, 0) is 11.3 Å². The normalized spacial score (nSPS) is 17.4. The number of piperidine rings is 1. The van der Waals surface area contributed by atoms with Crippen LogP contribution < -0.4 is 5.43 Å². The van der Waals surface area contributed by atoms with Crippen LogP contribution in [-0.4, -0.2) is 32.1 Å². The third-order valence-corrected chi connectivity index (χ3v) is 5.17. The minimum Gasteiger partial charge on any atom is -0.337 e. The summed E-state index contributed by atoms with van der Waals surface area (Å²) in [4.78, 5) is 31.6. The maximum Gasteiger partial charge on any atom is 0.249 e. The van der Waals surface area contributed by atoms with E-state index in [4.69, 9.17) is 4.52 Å². The highest BCUT2D eigenvalue weighted by molar-refractivity contribution is 5.83. The van der Waals surface area contributed by atoms with Crippen molar-refractivity contribution in [2.24, 2.45) is 0 Å². The number of fused-ring (bicyclic) bond motifs is 1. The Morgan fingerprint density at radius 3 is 2.85 bits per heavy atom. The van der Waals surface area contributed by atoms with E-state index in [1.54, 1.807) is 19.1 Å². The summed E-state index contributed by atoms with van der Waals surface area (Å²) in [6.07, 6.45) is 2.80. The topological polar surface area (TPSA) is 81.2 Å². The first kappa shape index (κ1) is 17.5. The molecule has 1 saturated heterocycles. The van der Waals surface area contributed by atoms with Crippen molar-refractivity contribution in [2.45, 2.75) is 45.7 Å². The molecular weight excluding hydrogens is 344 g/mol. The Hall–Kier alpha value is -2.96. The third-order valence-electron chi connectivity index (χ3n) is 5.17. The van der Waals surface area contributed by atoms with E-state index in [2.05, 4.69) is 10.1 Å². The van der Waals surface area contributed by atoms with Gasteiger partial charge in [-0.05, 0) is 45.2 Å². The number of carbonyl (C=O) groups excluding carboxylic acids is 1. The zero-order valence-electron chi connectivity index (χ0n) is 15.5. The first-order valence-corrected chi connectivity index (χ1v) is 9.23. The van der Waals surface area contributed by atoms with Crippen molar-refractivity contribution >= 4 is 16.8 Å². The lowest BCUT2D eigenvalue weighted by atomic mass is 10.0. The van der Waals surface area contributed by atoms with Gasteiger partial charge in [0.25, 0.3) is 0 Å². The molecule has 0 unspecified atom stereocenters. The largest absolute Gasteiger partial charge is 0.337 e. The van der Waals surface area contributed by atoms with E-state index < -0.39 is 0 Å². The average Bonchev–Trinajstić information content (AvgIpc) is 3.11. The van der Waals surface area contributed by atoms with Crippen LogP contribution in [0.4, 0.5) is 0 Å². The lowest BCUT2D eigenvalue weighted by Crippen LogP contribution is -2.40. The molecule has 1 aliphatic rings. The highest BCUT2D eigenvalue weighted by Gasteiger charge is 2.32. The van der Waals surface area contributed by atoms with Gasteiger partial charge in [-0.1, -0.05) is 17.3 Å². The van der Waals surface area contributed by atoms with Crippen molar-refractivity contribution in [1.29, 1.82) is 0 Å². The lowest BCUT2D eigenvalue weighted by molar-refractivity contribution is -0.136. The number of aromatic nitrogens is 3. The molecule has 7 heteroatoms. The van der Waals surface area contributed by atoms with Crippen molar-refractivity contribution in [2.75, 3.05) is 6.54 Å². The molecule has 3 aromatic rings. The van der Waals surface area contributed by atoms with Crippen molar-refractivity contribution in [3.63, 3.8) is 0 Å². The van der Waals surface area contributed by atoms with Gasteiger partial charge in [0.2, 0.25) is 11.8 Å². The summed E-state index contributed by atoms with van der Waals surface area (Å²) in [5.74, 6) is 1.07. The second kappa shape index (κ2) is 6.98. The van der Waals surface area contributed by atoms with Crippen LogP contribution in [0.5, 0.6) is 0 Å². The second-order valence-electron chi connectivity index (χ2n) is 7.03. The molecule has 1 atom stereocenters. The smallest absolute Gasteiger partial charge is 0.249 e. The molecule has 0 radical (unpaired) electrons.